The van der Waals surface area contributed by atoms with Gasteiger partial charge in [-0.15, -0.1) is 0 Å². The molecule has 0 saturated carbocycles. The van der Waals surface area contributed by atoms with E-state index in [4.69, 9.17) is 17.0 Å². The molecular formula is C21H24BrN3O4S2. The van der Waals surface area contributed by atoms with E-state index in [-0.39, 0.29) is 16.6 Å². The van der Waals surface area contributed by atoms with Crippen LogP contribution in [0.2, 0.25) is 0 Å². The normalized spacial score (nSPS) is 14.6. The van der Waals surface area contributed by atoms with Crippen LogP contribution in [0.5, 0.6) is 5.75 Å². The second-order valence-corrected chi connectivity index (χ2v) is 10.4. The third-order valence-corrected chi connectivity index (χ3v) is 7.82. The summed E-state index contributed by atoms with van der Waals surface area (Å²) < 4.78 is 33.4. The van der Waals surface area contributed by atoms with Crippen molar-refractivity contribution in [1.29, 1.82) is 0 Å². The van der Waals surface area contributed by atoms with Crippen LogP contribution in [0.1, 0.15) is 24.8 Å². The first-order valence-electron chi connectivity index (χ1n) is 9.86. The van der Waals surface area contributed by atoms with Crippen molar-refractivity contribution in [1.82, 2.24) is 9.62 Å². The van der Waals surface area contributed by atoms with Gasteiger partial charge in [0.05, 0.1) is 4.90 Å². The number of benzene rings is 2. The summed E-state index contributed by atoms with van der Waals surface area (Å²) in [5.41, 5.74) is 1.58. The molecule has 0 bridgehead atoms. The Kier molecular flexibility index (Phi) is 8.04. The van der Waals surface area contributed by atoms with E-state index in [0.717, 1.165) is 29.3 Å². The van der Waals surface area contributed by atoms with E-state index >= 15 is 0 Å². The van der Waals surface area contributed by atoms with Crippen LogP contribution in [0, 0.1) is 6.92 Å². The van der Waals surface area contributed by atoms with Gasteiger partial charge in [0.2, 0.25) is 10.0 Å². The third-order valence-electron chi connectivity index (χ3n) is 4.82. The zero-order valence-corrected chi connectivity index (χ0v) is 20.3. The Morgan fingerprint density at radius 3 is 2.45 bits per heavy atom. The highest BCUT2D eigenvalue weighted by Gasteiger charge is 2.25. The van der Waals surface area contributed by atoms with Crippen LogP contribution < -0.4 is 15.4 Å². The highest BCUT2D eigenvalue weighted by Crippen LogP contribution is 2.22. The van der Waals surface area contributed by atoms with Crippen LogP contribution in [0.4, 0.5) is 5.69 Å². The first-order chi connectivity index (χ1) is 14.8. The maximum Gasteiger partial charge on any atom is 0.264 e. The molecule has 166 valence electrons. The smallest absolute Gasteiger partial charge is 0.264 e. The SMILES string of the molecule is Cc1cc(OCC(=O)NC(=S)Nc2ccc(S(=O)(=O)N3CCCCC3)cc2)ccc1Br. The molecule has 0 aliphatic carbocycles. The Labute approximate surface area is 196 Å². The number of aryl methyl sites for hydroxylation is 1. The number of hydrogen-bond acceptors (Lipinski definition) is 5. The molecule has 2 N–H and O–H groups in total. The summed E-state index contributed by atoms with van der Waals surface area (Å²) in [6.45, 7) is 2.86. The molecule has 0 atom stereocenters. The fourth-order valence-corrected chi connectivity index (χ4v) is 5.14. The van der Waals surface area contributed by atoms with E-state index in [2.05, 4.69) is 26.6 Å². The van der Waals surface area contributed by atoms with E-state index in [9.17, 15) is 13.2 Å². The lowest BCUT2D eigenvalue weighted by molar-refractivity contribution is -0.121. The molecule has 1 amide bonds. The monoisotopic (exact) mass is 525 g/mol. The Balaban J connectivity index is 1.50. The molecule has 10 heteroatoms. The number of rotatable bonds is 6. The molecule has 2 aromatic rings. The van der Waals surface area contributed by atoms with Crippen molar-refractivity contribution in [2.24, 2.45) is 0 Å². The predicted octanol–water partition coefficient (Wildman–Crippen LogP) is 3.82. The standard InChI is InChI=1S/C21H24BrN3O4S2/c1-15-13-17(7-10-19(15)22)29-14-20(26)24-21(30)23-16-5-8-18(9-6-16)31(27,28)25-11-3-2-4-12-25/h5-10,13H,2-4,11-12,14H2,1H3,(H2,23,24,26,30). The van der Waals surface area contributed by atoms with Crippen LogP contribution in [0.3, 0.4) is 0 Å². The van der Waals surface area contributed by atoms with Gasteiger partial charge in [-0.3, -0.25) is 10.1 Å². The van der Waals surface area contributed by atoms with E-state index in [0.29, 0.717) is 24.5 Å². The van der Waals surface area contributed by atoms with Gasteiger partial charge >= 0.3 is 0 Å². The largest absolute Gasteiger partial charge is 0.484 e. The molecule has 1 aliphatic rings. The van der Waals surface area contributed by atoms with Gasteiger partial charge in [0.1, 0.15) is 5.75 Å². The minimum Gasteiger partial charge on any atom is -0.484 e. The second kappa shape index (κ2) is 10.5. The number of sulfonamides is 1. The summed E-state index contributed by atoms with van der Waals surface area (Å²) >= 11 is 8.57. The van der Waals surface area contributed by atoms with Gasteiger partial charge in [-0.2, -0.15) is 4.31 Å². The number of thiocarbonyl (C=S) groups is 1. The predicted molar refractivity (Wildman–Crippen MR) is 128 cm³/mol. The molecule has 1 fully saturated rings. The number of nitrogens with zero attached hydrogens (tertiary/aromatic N) is 1. The molecule has 1 aliphatic heterocycles. The van der Waals surface area contributed by atoms with E-state index in [1.807, 2.05) is 19.1 Å². The van der Waals surface area contributed by atoms with Gasteiger partial charge in [0.25, 0.3) is 5.91 Å². The molecule has 0 unspecified atom stereocenters. The molecule has 0 radical (unpaired) electrons. The lowest BCUT2D eigenvalue weighted by atomic mass is 10.2. The Morgan fingerprint density at radius 2 is 1.81 bits per heavy atom. The molecule has 1 heterocycles. The maximum absolute atomic E-state index is 12.7. The van der Waals surface area contributed by atoms with Gasteiger partial charge in [0, 0.05) is 23.2 Å². The number of halogens is 1. The molecule has 7 nitrogen and oxygen atoms in total. The lowest BCUT2D eigenvalue weighted by Crippen LogP contribution is -2.37. The Morgan fingerprint density at radius 1 is 1.13 bits per heavy atom. The summed E-state index contributed by atoms with van der Waals surface area (Å²) in [6, 6.07) is 11.8. The topological polar surface area (TPSA) is 87.7 Å². The van der Waals surface area contributed by atoms with E-state index < -0.39 is 15.9 Å². The number of ether oxygens (including phenoxy) is 1. The molecule has 0 spiro atoms. The van der Waals surface area contributed by atoms with Crippen LogP contribution in [0.25, 0.3) is 0 Å². The van der Waals surface area contributed by atoms with Crippen molar-refractivity contribution >= 4 is 54.9 Å². The third kappa shape index (κ3) is 6.49. The Bertz CT molecular complexity index is 1050. The lowest BCUT2D eigenvalue weighted by Gasteiger charge is -2.25. The van der Waals surface area contributed by atoms with E-state index in [1.165, 1.54) is 16.4 Å². The van der Waals surface area contributed by atoms with Crippen LogP contribution >= 0.6 is 28.1 Å². The molecular weight excluding hydrogens is 502 g/mol. The first-order valence-corrected chi connectivity index (χ1v) is 12.5. The minimum atomic E-state index is -3.48. The second-order valence-electron chi connectivity index (χ2n) is 7.19. The summed E-state index contributed by atoms with van der Waals surface area (Å²) in [7, 11) is -3.48. The van der Waals surface area contributed by atoms with Gasteiger partial charge < -0.3 is 10.1 Å². The summed E-state index contributed by atoms with van der Waals surface area (Å²) in [5, 5.41) is 5.52. The van der Waals surface area contributed by atoms with Crippen molar-refractivity contribution in [3.05, 3.63) is 52.5 Å². The number of amides is 1. The summed E-state index contributed by atoms with van der Waals surface area (Å²) in [4.78, 5) is 12.3. The summed E-state index contributed by atoms with van der Waals surface area (Å²) in [6.07, 6.45) is 2.84. The first kappa shape index (κ1) is 23.6. The van der Waals surface area contributed by atoms with Crippen molar-refractivity contribution in [2.45, 2.75) is 31.1 Å². The van der Waals surface area contributed by atoms with Crippen LogP contribution in [-0.4, -0.2) is 43.4 Å². The van der Waals surface area contributed by atoms with Gasteiger partial charge in [0.15, 0.2) is 11.7 Å². The highest BCUT2D eigenvalue weighted by molar-refractivity contribution is 9.10. The van der Waals surface area contributed by atoms with Crippen LogP contribution in [0.15, 0.2) is 51.8 Å². The number of carbonyl (C=O) groups is 1. The summed E-state index contributed by atoms with van der Waals surface area (Å²) in [5.74, 6) is 0.183. The van der Waals surface area contributed by atoms with Crippen molar-refractivity contribution in [3.8, 4) is 5.75 Å². The minimum absolute atomic E-state index is 0.104. The van der Waals surface area contributed by atoms with Crippen LogP contribution in [-0.2, 0) is 14.8 Å². The molecule has 1 saturated heterocycles. The van der Waals surface area contributed by atoms with Crippen molar-refractivity contribution < 1.29 is 17.9 Å². The fraction of sp³-hybridized carbons (Fsp3) is 0.333. The molecule has 2 aromatic carbocycles. The number of anilines is 1. The molecule has 0 aromatic heterocycles. The average molecular weight is 526 g/mol. The number of piperidine rings is 1. The van der Waals surface area contributed by atoms with Crippen molar-refractivity contribution in [2.75, 3.05) is 25.0 Å². The zero-order valence-electron chi connectivity index (χ0n) is 17.1. The molecule has 31 heavy (non-hydrogen) atoms. The Hall–Kier alpha value is -2.01. The van der Waals surface area contributed by atoms with Gasteiger partial charge in [-0.25, -0.2) is 8.42 Å². The molecule has 3 rings (SSSR count). The highest BCUT2D eigenvalue weighted by atomic mass is 79.9. The van der Waals surface area contributed by atoms with Gasteiger partial charge in [-0.1, -0.05) is 22.4 Å². The quantitative estimate of drug-likeness (QED) is 0.557. The van der Waals surface area contributed by atoms with E-state index in [1.54, 1.807) is 18.2 Å². The number of nitrogens with one attached hydrogen (secondary N) is 2. The number of hydrogen-bond donors (Lipinski definition) is 2. The fourth-order valence-electron chi connectivity index (χ4n) is 3.15. The van der Waals surface area contributed by atoms with Crippen molar-refractivity contribution in [3.63, 3.8) is 0 Å². The zero-order chi connectivity index (χ0) is 22.4. The average Bonchev–Trinajstić information content (AvgIpc) is 2.75. The number of carbonyl (C=O) groups excluding carboxylic acids is 1. The maximum atomic E-state index is 12.7. The van der Waals surface area contributed by atoms with Gasteiger partial charge in [-0.05, 0) is 80.0 Å².